The van der Waals surface area contributed by atoms with Crippen LogP contribution in [0.25, 0.3) is 0 Å². The molecule has 2 N–H and O–H groups in total. The molecule has 2 rings (SSSR count). The van der Waals surface area contributed by atoms with E-state index >= 15 is 0 Å². The molecule has 8 nitrogen and oxygen atoms in total. The van der Waals surface area contributed by atoms with E-state index in [4.69, 9.17) is 9.05 Å². The molecule has 0 aromatic carbocycles. The predicted octanol–water partition coefficient (Wildman–Crippen LogP) is 2.03. The van der Waals surface area contributed by atoms with Crippen molar-refractivity contribution in [3.05, 3.63) is 23.7 Å². The number of hydrogen-bond donors (Lipinski definition) is 2. The van der Waals surface area contributed by atoms with Crippen LogP contribution in [0.5, 0.6) is 0 Å². The number of amides is 2. The Bertz CT molecular complexity index is 577. The molecule has 21 heavy (non-hydrogen) atoms. The number of hydrogen-bond acceptors (Lipinski definition) is 6. The quantitative estimate of drug-likeness (QED) is 0.842. The molecule has 112 valence electrons. The van der Waals surface area contributed by atoms with E-state index in [2.05, 4.69) is 20.9 Å². The van der Waals surface area contributed by atoms with Crippen LogP contribution in [-0.4, -0.2) is 22.1 Å². The maximum Gasteiger partial charge on any atom is 0.225 e. The fraction of sp³-hybridized carbons (Fsp3) is 0.385. The number of carbonyl (C=O) groups is 2. The van der Waals surface area contributed by atoms with Crippen molar-refractivity contribution in [2.24, 2.45) is 0 Å². The van der Waals surface area contributed by atoms with E-state index in [0.29, 0.717) is 29.6 Å². The Labute approximate surface area is 120 Å². The summed E-state index contributed by atoms with van der Waals surface area (Å²) in [6.07, 6.45) is 0.861. The van der Waals surface area contributed by atoms with Gasteiger partial charge in [-0.05, 0) is 20.3 Å². The molecule has 0 radical (unpaired) electrons. The third kappa shape index (κ3) is 4.75. The van der Waals surface area contributed by atoms with Gasteiger partial charge in [0.05, 0.1) is 0 Å². The Morgan fingerprint density at radius 3 is 1.71 bits per heavy atom. The smallest absolute Gasteiger partial charge is 0.225 e. The molecule has 0 atom stereocenters. The highest BCUT2D eigenvalue weighted by Crippen LogP contribution is 2.10. The van der Waals surface area contributed by atoms with Crippen molar-refractivity contribution in [2.75, 3.05) is 10.6 Å². The molecule has 0 unspecified atom stereocenters. The Kier molecular flexibility index (Phi) is 4.70. The minimum Gasteiger partial charge on any atom is -0.360 e. The monoisotopic (exact) mass is 292 g/mol. The summed E-state index contributed by atoms with van der Waals surface area (Å²) in [5, 5.41) is 12.5. The van der Waals surface area contributed by atoms with Gasteiger partial charge in [0.2, 0.25) is 11.8 Å². The maximum atomic E-state index is 11.6. The Morgan fingerprint density at radius 2 is 1.38 bits per heavy atom. The Hall–Kier alpha value is -2.64. The highest BCUT2D eigenvalue weighted by Gasteiger charge is 2.09. The first-order chi connectivity index (χ1) is 10.0. The number of carbonyl (C=O) groups excluding carboxylic acids is 2. The minimum absolute atomic E-state index is 0.214. The van der Waals surface area contributed by atoms with E-state index < -0.39 is 0 Å². The summed E-state index contributed by atoms with van der Waals surface area (Å²) in [6, 6.07) is 3.25. The Balaban J connectivity index is 1.66. The molecule has 8 heteroatoms. The van der Waals surface area contributed by atoms with Crippen molar-refractivity contribution < 1.29 is 18.6 Å². The first kappa shape index (κ1) is 14.8. The lowest BCUT2D eigenvalue weighted by molar-refractivity contribution is -0.117. The first-order valence-electron chi connectivity index (χ1n) is 6.49. The van der Waals surface area contributed by atoms with Gasteiger partial charge in [-0.1, -0.05) is 10.3 Å². The minimum atomic E-state index is -0.214. The predicted molar refractivity (Wildman–Crippen MR) is 73.6 cm³/mol. The summed E-state index contributed by atoms with van der Waals surface area (Å²) in [6.45, 7) is 3.47. The van der Waals surface area contributed by atoms with Crippen LogP contribution in [0.4, 0.5) is 11.6 Å². The topological polar surface area (TPSA) is 110 Å². The summed E-state index contributed by atoms with van der Waals surface area (Å²) in [7, 11) is 0. The van der Waals surface area contributed by atoms with E-state index in [9.17, 15) is 9.59 Å². The summed E-state index contributed by atoms with van der Waals surface area (Å²) in [5.41, 5.74) is 0. The van der Waals surface area contributed by atoms with Gasteiger partial charge < -0.3 is 19.7 Å². The van der Waals surface area contributed by atoms with Gasteiger partial charge in [-0.15, -0.1) is 0 Å². The van der Waals surface area contributed by atoms with E-state index in [0.717, 1.165) is 0 Å². The average Bonchev–Trinajstić information content (AvgIpc) is 2.98. The first-order valence-corrected chi connectivity index (χ1v) is 6.49. The third-order valence-corrected chi connectivity index (χ3v) is 2.60. The second kappa shape index (κ2) is 6.69. The molecule has 0 saturated heterocycles. The number of nitrogens with one attached hydrogen (secondary N) is 2. The lowest BCUT2D eigenvalue weighted by Gasteiger charge is -2.02. The SMILES string of the molecule is Cc1cc(NC(=O)CCCC(=O)Nc2cc(C)on2)no1. The molecule has 0 saturated carbocycles. The van der Waals surface area contributed by atoms with Crippen molar-refractivity contribution in [1.82, 2.24) is 10.3 Å². The molecule has 2 aromatic heterocycles. The molecule has 0 aliphatic rings. The number of aryl methyl sites for hydroxylation is 2. The van der Waals surface area contributed by atoms with Crippen molar-refractivity contribution in [1.29, 1.82) is 0 Å². The Morgan fingerprint density at radius 1 is 0.952 bits per heavy atom. The zero-order valence-corrected chi connectivity index (χ0v) is 11.8. The normalized spacial score (nSPS) is 10.4. The van der Waals surface area contributed by atoms with Gasteiger partial charge in [0.15, 0.2) is 11.6 Å². The molecule has 2 amide bonds. The molecule has 0 aliphatic heterocycles. The fourth-order valence-electron chi connectivity index (χ4n) is 1.67. The largest absolute Gasteiger partial charge is 0.360 e. The van der Waals surface area contributed by atoms with Crippen LogP contribution in [-0.2, 0) is 9.59 Å². The summed E-state index contributed by atoms with van der Waals surface area (Å²) in [5.74, 6) is 1.56. The van der Waals surface area contributed by atoms with Gasteiger partial charge in [-0.2, -0.15) is 0 Å². The standard InChI is InChI=1S/C13H16N4O4/c1-8-6-10(16-20-8)14-12(18)4-3-5-13(19)15-11-7-9(2)21-17-11/h6-7H,3-5H2,1-2H3,(H,14,16,18)(H,15,17,19). The molecule has 2 aromatic rings. The molecule has 0 aliphatic carbocycles. The lowest BCUT2D eigenvalue weighted by Crippen LogP contribution is -2.15. The van der Waals surface area contributed by atoms with Crippen molar-refractivity contribution in [3.8, 4) is 0 Å². The van der Waals surface area contributed by atoms with E-state index in [1.165, 1.54) is 0 Å². The third-order valence-electron chi connectivity index (χ3n) is 2.60. The number of rotatable bonds is 6. The van der Waals surface area contributed by atoms with Crippen LogP contribution in [0.3, 0.4) is 0 Å². The van der Waals surface area contributed by atoms with Crippen molar-refractivity contribution in [3.63, 3.8) is 0 Å². The molecule has 0 fully saturated rings. The zero-order valence-electron chi connectivity index (χ0n) is 11.8. The van der Waals surface area contributed by atoms with Gasteiger partial charge in [-0.25, -0.2) is 0 Å². The average molecular weight is 292 g/mol. The highest BCUT2D eigenvalue weighted by atomic mass is 16.5. The lowest BCUT2D eigenvalue weighted by atomic mass is 10.2. The number of nitrogens with zero attached hydrogens (tertiary/aromatic N) is 2. The highest BCUT2D eigenvalue weighted by molar-refractivity contribution is 5.92. The van der Waals surface area contributed by atoms with Crippen LogP contribution in [0.15, 0.2) is 21.2 Å². The van der Waals surface area contributed by atoms with E-state index in [1.54, 1.807) is 26.0 Å². The molecule has 0 spiro atoms. The second-order valence-electron chi connectivity index (χ2n) is 4.60. The van der Waals surface area contributed by atoms with E-state index in [-0.39, 0.29) is 24.7 Å². The molecule has 0 bridgehead atoms. The van der Waals surface area contributed by atoms with E-state index in [1.807, 2.05) is 0 Å². The van der Waals surface area contributed by atoms with Crippen LogP contribution in [0, 0.1) is 13.8 Å². The van der Waals surface area contributed by atoms with Crippen LogP contribution < -0.4 is 10.6 Å². The maximum absolute atomic E-state index is 11.6. The summed E-state index contributed by atoms with van der Waals surface area (Å²) >= 11 is 0. The second-order valence-corrected chi connectivity index (χ2v) is 4.60. The van der Waals surface area contributed by atoms with Crippen molar-refractivity contribution >= 4 is 23.5 Å². The molecular formula is C13H16N4O4. The van der Waals surface area contributed by atoms with Gasteiger partial charge in [0.25, 0.3) is 0 Å². The number of aromatic nitrogens is 2. The van der Waals surface area contributed by atoms with Crippen molar-refractivity contribution in [2.45, 2.75) is 33.1 Å². The van der Waals surface area contributed by atoms with Gasteiger partial charge >= 0.3 is 0 Å². The summed E-state index contributed by atoms with van der Waals surface area (Å²) < 4.78 is 9.66. The van der Waals surface area contributed by atoms with Crippen LogP contribution >= 0.6 is 0 Å². The van der Waals surface area contributed by atoms with Gasteiger partial charge in [0, 0.05) is 25.0 Å². The zero-order chi connectivity index (χ0) is 15.2. The molecule has 2 heterocycles. The molecular weight excluding hydrogens is 276 g/mol. The van der Waals surface area contributed by atoms with Gasteiger partial charge in [-0.3, -0.25) is 9.59 Å². The summed E-state index contributed by atoms with van der Waals surface area (Å²) in [4.78, 5) is 23.2. The number of anilines is 2. The van der Waals surface area contributed by atoms with Gasteiger partial charge in [0.1, 0.15) is 11.5 Å². The van der Waals surface area contributed by atoms with Crippen LogP contribution in [0.1, 0.15) is 30.8 Å². The van der Waals surface area contributed by atoms with Crippen LogP contribution in [0.2, 0.25) is 0 Å². The fourth-order valence-corrected chi connectivity index (χ4v) is 1.67.